The summed E-state index contributed by atoms with van der Waals surface area (Å²) in [5.41, 5.74) is 2.89. The second kappa shape index (κ2) is 4.52. The summed E-state index contributed by atoms with van der Waals surface area (Å²) in [4.78, 5) is 5.43. The maximum atomic E-state index is 10.3. The topological polar surface area (TPSA) is 33.1 Å². The number of hydrogen-bond acceptors (Lipinski definition) is 3. The van der Waals surface area contributed by atoms with Crippen LogP contribution < -0.4 is 0 Å². The highest BCUT2D eigenvalue weighted by molar-refractivity contribution is 7.10. The number of benzene rings is 1. The van der Waals surface area contributed by atoms with E-state index in [1.165, 1.54) is 0 Å². The molecule has 1 atom stereocenters. The molecule has 3 rings (SSSR count). The first-order valence-electron chi connectivity index (χ1n) is 5.83. The molecule has 0 aliphatic rings. The van der Waals surface area contributed by atoms with Crippen molar-refractivity contribution in [3.8, 4) is 0 Å². The maximum Gasteiger partial charge on any atom is 0.113 e. The Bertz CT molecular complexity index is 676. The van der Waals surface area contributed by atoms with Crippen molar-refractivity contribution in [1.29, 1.82) is 0 Å². The molecule has 0 bridgehead atoms. The van der Waals surface area contributed by atoms with Crippen LogP contribution in [-0.2, 0) is 0 Å². The van der Waals surface area contributed by atoms with E-state index in [2.05, 4.69) is 4.98 Å². The van der Waals surface area contributed by atoms with E-state index in [1.807, 2.05) is 54.8 Å². The monoisotopic (exact) mass is 255 g/mol. The van der Waals surface area contributed by atoms with Crippen LogP contribution in [0.2, 0.25) is 0 Å². The molecule has 0 aliphatic carbocycles. The molecule has 0 radical (unpaired) electrons. The zero-order valence-corrected chi connectivity index (χ0v) is 10.8. The van der Waals surface area contributed by atoms with Crippen molar-refractivity contribution < 1.29 is 5.11 Å². The summed E-state index contributed by atoms with van der Waals surface area (Å²) in [5.74, 6) is 0. The Morgan fingerprint density at radius 2 is 2.06 bits per heavy atom. The van der Waals surface area contributed by atoms with Crippen molar-refractivity contribution in [2.24, 2.45) is 0 Å². The maximum absolute atomic E-state index is 10.3. The van der Waals surface area contributed by atoms with Crippen LogP contribution in [0.5, 0.6) is 0 Å². The summed E-state index contributed by atoms with van der Waals surface area (Å²) < 4.78 is 0. The van der Waals surface area contributed by atoms with Crippen LogP contribution in [0.25, 0.3) is 10.9 Å². The lowest BCUT2D eigenvalue weighted by Crippen LogP contribution is -1.97. The lowest BCUT2D eigenvalue weighted by atomic mass is 10.0. The van der Waals surface area contributed by atoms with Crippen LogP contribution in [0.15, 0.2) is 47.8 Å². The first kappa shape index (κ1) is 11.4. The van der Waals surface area contributed by atoms with Gasteiger partial charge in [0.15, 0.2) is 0 Å². The average molecular weight is 255 g/mol. The van der Waals surface area contributed by atoms with Gasteiger partial charge in [0.05, 0.1) is 5.52 Å². The number of hydrogen-bond donors (Lipinski definition) is 1. The summed E-state index contributed by atoms with van der Waals surface area (Å²) in [6.45, 7) is 1.98. The number of nitrogens with zero attached hydrogens (tertiary/aromatic N) is 1. The molecule has 0 amide bonds. The Hall–Kier alpha value is -1.71. The van der Waals surface area contributed by atoms with Gasteiger partial charge in [0, 0.05) is 16.0 Å². The predicted molar refractivity (Wildman–Crippen MR) is 74.9 cm³/mol. The molecule has 2 nitrogen and oxygen atoms in total. The average Bonchev–Trinajstić information content (AvgIpc) is 2.91. The van der Waals surface area contributed by atoms with Gasteiger partial charge in [0.2, 0.25) is 0 Å². The molecule has 90 valence electrons. The fourth-order valence-electron chi connectivity index (χ4n) is 2.03. The normalized spacial score (nSPS) is 12.8. The molecular formula is C15H13NOS. The van der Waals surface area contributed by atoms with E-state index >= 15 is 0 Å². The van der Waals surface area contributed by atoms with Crippen LogP contribution in [-0.4, -0.2) is 10.1 Å². The van der Waals surface area contributed by atoms with Crippen LogP contribution in [0.1, 0.15) is 22.2 Å². The van der Waals surface area contributed by atoms with E-state index in [9.17, 15) is 5.11 Å². The Labute approximate surface area is 110 Å². The smallest absolute Gasteiger partial charge is 0.113 e. The van der Waals surface area contributed by atoms with Gasteiger partial charge >= 0.3 is 0 Å². The molecule has 0 fully saturated rings. The number of fused-ring (bicyclic) bond motifs is 1. The summed E-state index contributed by atoms with van der Waals surface area (Å²) in [6, 6.07) is 13.9. The Morgan fingerprint density at radius 1 is 1.17 bits per heavy atom. The first-order valence-corrected chi connectivity index (χ1v) is 6.71. The quantitative estimate of drug-likeness (QED) is 0.757. The third-order valence-corrected chi connectivity index (χ3v) is 3.91. The van der Waals surface area contributed by atoms with Gasteiger partial charge in [-0.2, -0.15) is 0 Å². The van der Waals surface area contributed by atoms with Crippen molar-refractivity contribution in [2.45, 2.75) is 13.0 Å². The van der Waals surface area contributed by atoms with E-state index in [1.54, 1.807) is 11.3 Å². The lowest BCUT2D eigenvalue weighted by molar-refractivity contribution is 0.224. The summed E-state index contributed by atoms with van der Waals surface area (Å²) in [7, 11) is 0. The van der Waals surface area contributed by atoms with Crippen LogP contribution in [0.3, 0.4) is 0 Å². The number of rotatable bonds is 2. The third-order valence-electron chi connectivity index (χ3n) is 2.98. The molecule has 3 aromatic rings. The Kier molecular flexibility index (Phi) is 2.86. The Morgan fingerprint density at radius 3 is 2.83 bits per heavy atom. The van der Waals surface area contributed by atoms with E-state index in [4.69, 9.17) is 0 Å². The first-order chi connectivity index (χ1) is 8.74. The molecule has 0 saturated carbocycles. The van der Waals surface area contributed by atoms with Gasteiger partial charge < -0.3 is 5.11 Å². The summed E-state index contributed by atoms with van der Waals surface area (Å²) in [5, 5.41) is 13.3. The molecule has 1 N–H and O–H groups in total. The molecule has 2 heterocycles. The van der Waals surface area contributed by atoms with Gasteiger partial charge in [-0.1, -0.05) is 18.2 Å². The zero-order valence-electron chi connectivity index (χ0n) is 10.00. The SMILES string of the molecule is Cc1ccc2cc(C(O)c3cccs3)ccc2n1. The zero-order chi connectivity index (χ0) is 12.5. The second-order valence-electron chi connectivity index (χ2n) is 4.32. The van der Waals surface area contributed by atoms with E-state index in [0.717, 1.165) is 27.0 Å². The van der Waals surface area contributed by atoms with Crippen molar-refractivity contribution in [3.05, 3.63) is 64.0 Å². The number of pyridine rings is 1. The van der Waals surface area contributed by atoms with Crippen molar-refractivity contribution in [1.82, 2.24) is 4.98 Å². The predicted octanol–water partition coefficient (Wildman–Crippen LogP) is 3.69. The highest BCUT2D eigenvalue weighted by atomic mass is 32.1. The van der Waals surface area contributed by atoms with Gasteiger partial charge in [-0.25, -0.2) is 0 Å². The van der Waals surface area contributed by atoms with Gasteiger partial charge in [0.1, 0.15) is 6.10 Å². The fourth-order valence-corrected chi connectivity index (χ4v) is 2.76. The van der Waals surface area contributed by atoms with Gasteiger partial charge in [-0.3, -0.25) is 4.98 Å². The van der Waals surface area contributed by atoms with Crippen LogP contribution in [0.4, 0.5) is 0 Å². The highest BCUT2D eigenvalue weighted by Crippen LogP contribution is 2.27. The van der Waals surface area contributed by atoms with Crippen molar-refractivity contribution >= 4 is 22.2 Å². The summed E-state index contributed by atoms with van der Waals surface area (Å²) >= 11 is 1.57. The largest absolute Gasteiger partial charge is 0.383 e. The minimum Gasteiger partial charge on any atom is -0.383 e. The molecule has 0 spiro atoms. The van der Waals surface area contributed by atoms with E-state index in [0.29, 0.717) is 0 Å². The highest BCUT2D eigenvalue weighted by Gasteiger charge is 2.11. The van der Waals surface area contributed by atoms with Gasteiger partial charge in [-0.05, 0) is 42.1 Å². The van der Waals surface area contributed by atoms with Crippen LogP contribution in [0, 0.1) is 6.92 Å². The molecule has 3 heteroatoms. The second-order valence-corrected chi connectivity index (χ2v) is 5.30. The molecule has 1 unspecified atom stereocenters. The Balaban J connectivity index is 2.06. The number of aliphatic hydroxyl groups is 1. The standard InChI is InChI=1S/C15H13NOS/c1-10-4-5-11-9-12(6-7-13(11)16-10)15(17)14-3-2-8-18-14/h2-9,15,17H,1H3. The fraction of sp³-hybridized carbons (Fsp3) is 0.133. The van der Waals surface area contributed by atoms with Gasteiger partial charge in [-0.15, -0.1) is 11.3 Å². The van der Waals surface area contributed by atoms with E-state index in [-0.39, 0.29) is 0 Å². The number of thiophene rings is 1. The number of aliphatic hydroxyl groups excluding tert-OH is 1. The van der Waals surface area contributed by atoms with Crippen molar-refractivity contribution in [3.63, 3.8) is 0 Å². The molecule has 2 aromatic heterocycles. The summed E-state index contributed by atoms with van der Waals surface area (Å²) in [6.07, 6.45) is -0.546. The van der Waals surface area contributed by atoms with Crippen LogP contribution >= 0.6 is 11.3 Å². The minimum absolute atomic E-state index is 0.546. The van der Waals surface area contributed by atoms with Crippen molar-refractivity contribution in [2.75, 3.05) is 0 Å². The molecule has 1 aromatic carbocycles. The minimum atomic E-state index is -0.546. The van der Waals surface area contributed by atoms with Gasteiger partial charge in [0.25, 0.3) is 0 Å². The molecule has 0 aliphatic heterocycles. The molecular weight excluding hydrogens is 242 g/mol. The number of aryl methyl sites for hydroxylation is 1. The number of aromatic nitrogens is 1. The third kappa shape index (κ3) is 2.03. The van der Waals surface area contributed by atoms with E-state index < -0.39 is 6.10 Å². The lowest BCUT2D eigenvalue weighted by Gasteiger charge is -2.10. The molecule has 0 saturated heterocycles. The molecule has 18 heavy (non-hydrogen) atoms.